The minimum Gasteiger partial charge on any atom is -0.294 e. The number of Topliss-reactive ketones (excluding diaryl/α,β-unsaturated/α-hetero) is 1. The molecule has 0 saturated carbocycles. The standard InChI is InChI=1S/C16H12BrF3O/c1-10-4-2-3-5-11(10)8-15(21)13-9-12(16(18,19)20)6-7-14(13)17/h2-7,9H,8H2,1H3. The second kappa shape index (κ2) is 6.02. The van der Waals surface area contributed by atoms with E-state index >= 15 is 0 Å². The van der Waals surface area contributed by atoms with Gasteiger partial charge < -0.3 is 0 Å². The van der Waals surface area contributed by atoms with Crippen LogP contribution in [0.5, 0.6) is 0 Å². The molecule has 0 bridgehead atoms. The van der Waals surface area contributed by atoms with Gasteiger partial charge in [0.05, 0.1) is 5.56 Å². The van der Waals surface area contributed by atoms with Gasteiger partial charge in [0.2, 0.25) is 0 Å². The summed E-state index contributed by atoms with van der Waals surface area (Å²) in [6.45, 7) is 1.86. The van der Waals surface area contributed by atoms with Crippen molar-refractivity contribution in [3.63, 3.8) is 0 Å². The first-order valence-corrected chi connectivity index (χ1v) is 7.03. The lowest BCUT2D eigenvalue weighted by Gasteiger charge is -2.11. The van der Waals surface area contributed by atoms with Gasteiger partial charge in [-0.3, -0.25) is 4.79 Å². The van der Waals surface area contributed by atoms with E-state index in [1.807, 2.05) is 19.1 Å². The lowest BCUT2D eigenvalue weighted by Crippen LogP contribution is -2.10. The fraction of sp³-hybridized carbons (Fsp3) is 0.188. The molecule has 1 nitrogen and oxygen atoms in total. The number of carbonyl (C=O) groups excluding carboxylic acids is 1. The zero-order valence-electron chi connectivity index (χ0n) is 11.2. The van der Waals surface area contributed by atoms with E-state index in [-0.39, 0.29) is 17.8 Å². The number of aryl methyl sites for hydroxylation is 1. The lowest BCUT2D eigenvalue weighted by molar-refractivity contribution is -0.137. The second-order valence-corrected chi connectivity index (χ2v) is 5.57. The molecule has 0 aromatic heterocycles. The third kappa shape index (κ3) is 3.73. The van der Waals surface area contributed by atoms with Gasteiger partial charge in [-0.05, 0) is 36.2 Å². The van der Waals surface area contributed by atoms with Crippen LogP contribution in [-0.2, 0) is 12.6 Å². The monoisotopic (exact) mass is 356 g/mol. The Hall–Kier alpha value is -1.62. The molecule has 0 spiro atoms. The Morgan fingerprint density at radius 1 is 1.14 bits per heavy atom. The first-order valence-electron chi connectivity index (χ1n) is 6.23. The lowest BCUT2D eigenvalue weighted by atomic mass is 9.98. The van der Waals surface area contributed by atoms with Crippen LogP contribution in [0.3, 0.4) is 0 Å². The first kappa shape index (κ1) is 15.8. The van der Waals surface area contributed by atoms with Crippen LogP contribution in [0.2, 0.25) is 0 Å². The minimum absolute atomic E-state index is 0.0491. The molecule has 2 aromatic rings. The highest BCUT2D eigenvalue weighted by atomic mass is 79.9. The van der Waals surface area contributed by atoms with Crippen molar-refractivity contribution in [2.45, 2.75) is 19.5 Å². The van der Waals surface area contributed by atoms with E-state index < -0.39 is 11.7 Å². The summed E-state index contributed by atoms with van der Waals surface area (Å²) in [6, 6.07) is 10.4. The molecule has 0 unspecified atom stereocenters. The van der Waals surface area contributed by atoms with Crippen LogP contribution < -0.4 is 0 Å². The molecule has 0 radical (unpaired) electrons. The largest absolute Gasteiger partial charge is 0.416 e. The van der Waals surface area contributed by atoms with E-state index in [1.165, 1.54) is 6.07 Å². The van der Waals surface area contributed by atoms with Crippen molar-refractivity contribution < 1.29 is 18.0 Å². The van der Waals surface area contributed by atoms with Crippen LogP contribution >= 0.6 is 15.9 Å². The summed E-state index contributed by atoms with van der Waals surface area (Å²) in [7, 11) is 0. The van der Waals surface area contributed by atoms with Gasteiger partial charge in [-0.2, -0.15) is 13.2 Å². The maximum absolute atomic E-state index is 12.7. The van der Waals surface area contributed by atoms with Crippen molar-refractivity contribution in [3.05, 3.63) is 69.2 Å². The Bertz CT molecular complexity index is 677. The van der Waals surface area contributed by atoms with Gasteiger partial charge in [0.25, 0.3) is 0 Å². The van der Waals surface area contributed by atoms with E-state index in [0.29, 0.717) is 4.47 Å². The van der Waals surface area contributed by atoms with Gasteiger partial charge in [-0.1, -0.05) is 40.2 Å². The van der Waals surface area contributed by atoms with E-state index in [2.05, 4.69) is 15.9 Å². The average molecular weight is 357 g/mol. The van der Waals surface area contributed by atoms with Gasteiger partial charge in [0.15, 0.2) is 5.78 Å². The predicted octanol–water partition coefficient (Wildman–Crippen LogP) is 5.20. The van der Waals surface area contributed by atoms with E-state index in [9.17, 15) is 18.0 Å². The molecule has 0 fully saturated rings. The van der Waals surface area contributed by atoms with Gasteiger partial charge in [-0.25, -0.2) is 0 Å². The Kier molecular flexibility index (Phi) is 4.52. The second-order valence-electron chi connectivity index (χ2n) is 4.72. The first-order chi connectivity index (χ1) is 9.79. The van der Waals surface area contributed by atoms with Crippen molar-refractivity contribution >= 4 is 21.7 Å². The topological polar surface area (TPSA) is 17.1 Å². The van der Waals surface area contributed by atoms with Crippen molar-refractivity contribution in [3.8, 4) is 0 Å². The molecule has 0 aliphatic rings. The van der Waals surface area contributed by atoms with Crippen molar-refractivity contribution in [1.82, 2.24) is 0 Å². The summed E-state index contributed by atoms with van der Waals surface area (Å²) < 4.78 is 38.6. The highest BCUT2D eigenvalue weighted by molar-refractivity contribution is 9.10. The quantitative estimate of drug-likeness (QED) is 0.690. The molecule has 0 heterocycles. The third-order valence-corrected chi connectivity index (χ3v) is 3.90. The molecule has 2 rings (SSSR count). The number of hydrogen-bond acceptors (Lipinski definition) is 1. The zero-order valence-corrected chi connectivity index (χ0v) is 12.8. The molecule has 0 aliphatic heterocycles. The summed E-state index contributed by atoms with van der Waals surface area (Å²) in [5.41, 5.74) is 0.979. The van der Waals surface area contributed by atoms with Crippen molar-refractivity contribution in [2.24, 2.45) is 0 Å². The molecule has 0 N–H and O–H groups in total. The predicted molar refractivity (Wildman–Crippen MR) is 78.4 cm³/mol. The number of halogens is 4. The van der Waals surface area contributed by atoms with Crippen LogP contribution in [-0.4, -0.2) is 5.78 Å². The summed E-state index contributed by atoms with van der Waals surface area (Å²) in [4.78, 5) is 12.3. The van der Waals surface area contributed by atoms with Crippen LogP contribution in [0.1, 0.15) is 27.0 Å². The van der Waals surface area contributed by atoms with Crippen LogP contribution in [0.15, 0.2) is 46.9 Å². The van der Waals surface area contributed by atoms with E-state index in [0.717, 1.165) is 23.3 Å². The van der Waals surface area contributed by atoms with Crippen LogP contribution in [0.4, 0.5) is 13.2 Å². The Balaban J connectivity index is 2.33. The van der Waals surface area contributed by atoms with E-state index in [4.69, 9.17) is 0 Å². The number of rotatable bonds is 3. The molecule has 21 heavy (non-hydrogen) atoms. The summed E-state index contributed by atoms with van der Waals surface area (Å²) >= 11 is 3.14. The van der Waals surface area contributed by atoms with Crippen molar-refractivity contribution in [2.75, 3.05) is 0 Å². The molecule has 5 heteroatoms. The SMILES string of the molecule is Cc1ccccc1CC(=O)c1cc(C(F)(F)F)ccc1Br. The number of ketones is 1. The number of carbonyl (C=O) groups is 1. The number of benzene rings is 2. The van der Waals surface area contributed by atoms with E-state index in [1.54, 1.807) is 12.1 Å². The molecule has 2 aromatic carbocycles. The fourth-order valence-corrected chi connectivity index (χ4v) is 2.46. The zero-order chi connectivity index (χ0) is 15.6. The molecule has 0 atom stereocenters. The van der Waals surface area contributed by atoms with Crippen LogP contribution in [0.25, 0.3) is 0 Å². The molecule has 0 aliphatic carbocycles. The summed E-state index contributed by atoms with van der Waals surface area (Å²) in [5.74, 6) is -0.345. The smallest absolute Gasteiger partial charge is 0.294 e. The van der Waals surface area contributed by atoms with Gasteiger partial charge >= 0.3 is 6.18 Å². The Morgan fingerprint density at radius 3 is 2.43 bits per heavy atom. The molecular weight excluding hydrogens is 345 g/mol. The van der Waals surface area contributed by atoms with Gasteiger partial charge in [0.1, 0.15) is 0 Å². The number of hydrogen-bond donors (Lipinski definition) is 0. The van der Waals surface area contributed by atoms with Crippen molar-refractivity contribution in [1.29, 1.82) is 0 Å². The normalized spacial score (nSPS) is 11.5. The molecule has 0 amide bonds. The summed E-state index contributed by atoms with van der Waals surface area (Å²) in [5, 5.41) is 0. The third-order valence-electron chi connectivity index (χ3n) is 3.21. The fourth-order valence-electron chi connectivity index (χ4n) is 1.99. The molecule has 110 valence electrons. The number of alkyl halides is 3. The maximum Gasteiger partial charge on any atom is 0.416 e. The van der Waals surface area contributed by atoms with Crippen LogP contribution in [0, 0.1) is 6.92 Å². The van der Waals surface area contributed by atoms with Gasteiger partial charge in [0, 0.05) is 16.5 Å². The van der Waals surface area contributed by atoms with Gasteiger partial charge in [-0.15, -0.1) is 0 Å². The minimum atomic E-state index is -4.46. The highest BCUT2D eigenvalue weighted by Crippen LogP contribution is 2.32. The Morgan fingerprint density at radius 2 is 1.81 bits per heavy atom. The Labute approximate surface area is 128 Å². The summed E-state index contributed by atoms with van der Waals surface area (Å²) in [6.07, 6.45) is -4.38. The molecule has 0 saturated heterocycles. The molecular formula is C16H12BrF3O. The highest BCUT2D eigenvalue weighted by Gasteiger charge is 2.31. The average Bonchev–Trinajstić information content (AvgIpc) is 2.40. The maximum atomic E-state index is 12.7.